The van der Waals surface area contributed by atoms with Crippen LogP contribution in [0.15, 0.2) is 18.2 Å². The van der Waals surface area contributed by atoms with Crippen molar-refractivity contribution >= 4 is 5.91 Å². The lowest BCUT2D eigenvalue weighted by Crippen LogP contribution is -2.58. The average Bonchev–Trinajstić information content (AvgIpc) is 3.45. The van der Waals surface area contributed by atoms with E-state index in [4.69, 9.17) is 9.47 Å². The van der Waals surface area contributed by atoms with Gasteiger partial charge in [0.1, 0.15) is 5.69 Å². The topological polar surface area (TPSA) is 51.7 Å². The number of nitrogens with zero attached hydrogens (tertiary/aromatic N) is 2. The second kappa shape index (κ2) is 7.04. The molecule has 0 radical (unpaired) electrons. The Morgan fingerprint density at radius 2 is 2.28 bits per heavy atom. The van der Waals surface area contributed by atoms with E-state index in [1.165, 1.54) is 12.8 Å². The van der Waals surface area contributed by atoms with Crippen LogP contribution in [0.3, 0.4) is 0 Å². The first-order valence-electron chi connectivity index (χ1n) is 9.59. The standard InChI is InChI=1S/C20H28N2O3/c1-15-4-2-5-17(21-15)19(23)22-10-8-18-20(13-22,9-3-11-25-18)14-24-12-16-6-7-16/h2,4-5,16,18H,3,6-14H2,1H3/t18-,20-/m0/s1. The summed E-state index contributed by atoms with van der Waals surface area (Å²) >= 11 is 0. The van der Waals surface area contributed by atoms with Gasteiger partial charge in [0.05, 0.1) is 12.7 Å². The van der Waals surface area contributed by atoms with E-state index in [-0.39, 0.29) is 17.4 Å². The van der Waals surface area contributed by atoms with E-state index in [9.17, 15) is 4.79 Å². The molecule has 1 aromatic heterocycles. The van der Waals surface area contributed by atoms with Gasteiger partial charge < -0.3 is 14.4 Å². The van der Waals surface area contributed by atoms with Gasteiger partial charge in [-0.15, -0.1) is 0 Å². The lowest BCUT2D eigenvalue weighted by atomic mass is 9.73. The maximum absolute atomic E-state index is 12.9. The summed E-state index contributed by atoms with van der Waals surface area (Å²) in [5.41, 5.74) is 1.37. The molecule has 0 unspecified atom stereocenters. The maximum atomic E-state index is 12.9. The van der Waals surface area contributed by atoms with Gasteiger partial charge in [0.25, 0.3) is 5.91 Å². The first kappa shape index (κ1) is 17.0. The lowest BCUT2D eigenvalue weighted by molar-refractivity contribution is -0.147. The minimum Gasteiger partial charge on any atom is -0.380 e. The first-order valence-corrected chi connectivity index (χ1v) is 9.59. The van der Waals surface area contributed by atoms with Crippen molar-refractivity contribution in [2.45, 2.75) is 45.1 Å². The molecule has 3 fully saturated rings. The molecule has 3 heterocycles. The molecule has 2 aliphatic heterocycles. The molecule has 5 nitrogen and oxygen atoms in total. The minimum absolute atomic E-state index is 0.0364. The van der Waals surface area contributed by atoms with Crippen molar-refractivity contribution in [3.63, 3.8) is 0 Å². The quantitative estimate of drug-likeness (QED) is 0.824. The average molecular weight is 344 g/mol. The van der Waals surface area contributed by atoms with Crippen molar-refractivity contribution in [1.82, 2.24) is 9.88 Å². The smallest absolute Gasteiger partial charge is 0.272 e. The Labute approximate surface area is 149 Å². The summed E-state index contributed by atoms with van der Waals surface area (Å²) in [6.07, 6.45) is 5.84. The molecule has 136 valence electrons. The molecular weight excluding hydrogens is 316 g/mol. The molecule has 5 heteroatoms. The van der Waals surface area contributed by atoms with Crippen molar-refractivity contribution in [2.24, 2.45) is 11.3 Å². The van der Waals surface area contributed by atoms with Gasteiger partial charge in [0.2, 0.25) is 0 Å². The number of pyridine rings is 1. The van der Waals surface area contributed by atoms with Crippen LogP contribution in [0.2, 0.25) is 0 Å². The molecule has 1 aliphatic carbocycles. The number of aromatic nitrogens is 1. The SMILES string of the molecule is Cc1cccc(C(=O)N2CC[C@@H]3OCCC[C@@]3(COCC3CC3)C2)n1. The van der Waals surface area contributed by atoms with Crippen LogP contribution in [-0.4, -0.2) is 54.8 Å². The fourth-order valence-corrected chi connectivity index (χ4v) is 4.21. The molecule has 2 atom stereocenters. The first-order chi connectivity index (χ1) is 12.2. The molecule has 0 N–H and O–H groups in total. The summed E-state index contributed by atoms with van der Waals surface area (Å²) in [6, 6.07) is 5.64. The molecule has 2 saturated heterocycles. The highest BCUT2D eigenvalue weighted by molar-refractivity contribution is 5.92. The van der Waals surface area contributed by atoms with E-state index in [1.54, 1.807) is 0 Å². The highest BCUT2D eigenvalue weighted by Crippen LogP contribution is 2.41. The molecule has 1 aromatic rings. The van der Waals surface area contributed by atoms with Gasteiger partial charge in [-0.3, -0.25) is 4.79 Å². The van der Waals surface area contributed by atoms with Gasteiger partial charge in [-0.05, 0) is 57.1 Å². The Kier molecular flexibility index (Phi) is 4.78. The van der Waals surface area contributed by atoms with Crippen molar-refractivity contribution < 1.29 is 14.3 Å². The molecule has 0 bridgehead atoms. The number of hydrogen-bond acceptors (Lipinski definition) is 4. The summed E-state index contributed by atoms with van der Waals surface area (Å²) in [5.74, 6) is 0.798. The molecule has 0 spiro atoms. The number of carbonyl (C=O) groups excluding carboxylic acids is 1. The number of ether oxygens (including phenoxy) is 2. The minimum atomic E-state index is -0.0507. The number of amides is 1. The fraction of sp³-hybridized carbons (Fsp3) is 0.700. The molecule has 3 aliphatic rings. The van der Waals surface area contributed by atoms with Gasteiger partial charge in [0.15, 0.2) is 0 Å². The van der Waals surface area contributed by atoms with Crippen LogP contribution >= 0.6 is 0 Å². The Bertz CT molecular complexity index is 631. The van der Waals surface area contributed by atoms with Gasteiger partial charge in [0, 0.05) is 37.4 Å². The summed E-state index contributed by atoms with van der Waals surface area (Å²) in [6.45, 7) is 5.79. The molecule has 0 aromatic carbocycles. The van der Waals surface area contributed by atoms with Crippen molar-refractivity contribution in [1.29, 1.82) is 0 Å². The molecular formula is C20H28N2O3. The van der Waals surface area contributed by atoms with Crippen LogP contribution in [0.4, 0.5) is 0 Å². The Hall–Kier alpha value is -1.46. The second-order valence-corrected chi connectivity index (χ2v) is 7.96. The fourth-order valence-electron chi connectivity index (χ4n) is 4.21. The zero-order valence-electron chi connectivity index (χ0n) is 15.1. The summed E-state index contributed by atoms with van der Waals surface area (Å²) in [5, 5.41) is 0. The van der Waals surface area contributed by atoms with Gasteiger partial charge in [-0.2, -0.15) is 0 Å². The number of likely N-dealkylation sites (tertiary alicyclic amines) is 1. The number of aryl methyl sites for hydroxylation is 1. The third kappa shape index (κ3) is 3.72. The predicted octanol–water partition coefficient (Wildman–Crippen LogP) is 2.83. The van der Waals surface area contributed by atoms with Crippen LogP contribution in [0.1, 0.15) is 48.3 Å². The van der Waals surface area contributed by atoms with E-state index in [2.05, 4.69) is 4.98 Å². The summed E-state index contributed by atoms with van der Waals surface area (Å²) in [7, 11) is 0. The maximum Gasteiger partial charge on any atom is 0.272 e. The zero-order chi connectivity index (χ0) is 17.3. The van der Waals surface area contributed by atoms with Gasteiger partial charge in [-0.1, -0.05) is 6.07 Å². The van der Waals surface area contributed by atoms with Crippen LogP contribution < -0.4 is 0 Å². The van der Waals surface area contributed by atoms with Crippen LogP contribution in [0.5, 0.6) is 0 Å². The van der Waals surface area contributed by atoms with Gasteiger partial charge in [-0.25, -0.2) is 4.98 Å². The van der Waals surface area contributed by atoms with E-state index in [1.807, 2.05) is 30.0 Å². The van der Waals surface area contributed by atoms with Crippen LogP contribution in [0, 0.1) is 18.3 Å². The number of fused-ring (bicyclic) bond motifs is 1. The van der Waals surface area contributed by atoms with E-state index in [0.29, 0.717) is 12.3 Å². The van der Waals surface area contributed by atoms with E-state index >= 15 is 0 Å². The lowest BCUT2D eigenvalue weighted by Gasteiger charge is -2.50. The normalized spacial score (nSPS) is 29.3. The van der Waals surface area contributed by atoms with Gasteiger partial charge >= 0.3 is 0 Å². The second-order valence-electron chi connectivity index (χ2n) is 7.96. The van der Waals surface area contributed by atoms with Crippen LogP contribution in [0.25, 0.3) is 0 Å². The zero-order valence-corrected chi connectivity index (χ0v) is 15.1. The number of carbonyl (C=O) groups is 1. The third-order valence-corrected chi connectivity index (χ3v) is 5.82. The van der Waals surface area contributed by atoms with Crippen molar-refractivity contribution in [3.05, 3.63) is 29.6 Å². The highest BCUT2D eigenvalue weighted by atomic mass is 16.5. The number of hydrogen-bond donors (Lipinski definition) is 0. The monoisotopic (exact) mass is 344 g/mol. The Balaban J connectivity index is 1.47. The van der Waals surface area contributed by atoms with Crippen molar-refractivity contribution in [2.75, 3.05) is 32.9 Å². The highest BCUT2D eigenvalue weighted by Gasteiger charge is 2.47. The van der Waals surface area contributed by atoms with Crippen LogP contribution in [-0.2, 0) is 9.47 Å². The Morgan fingerprint density at radius 3 is 3.08 bits per heavy atom. The third-order valence-electron chi connectivity index (χ3n) is 5.82. The van der Waals surface area contributed by atoms with E-state index < -0.39 is 0 Å². The molecule has 1 amide bonds. The summed E-state index contributed by atoms with van der Waals surface area (Å²) in [4.78, 5) is 19.3. The molecule has 4 rings (SSSR count). The predicted molar refractivity (Wildman–Crippen MR) is 94.4 cm³/mol. The molecule has 1 saturated carbocycles. The largest absolute Gasteiger partial charge is 0.380 e. The van der Waals surface area contributed by atoms with E-state index in [0.717, 1.165) is 57.2 Å². The van der Waals surface area contributed by atoms with Crippen molar-refractivity contribution in [3.8, 4) is 0 Å². The number of rotatable bonds is 5. The number of piperidine rings is 1. The molecule has 25 heavy (non-hydrogen) atoms. The summed E-state index contributed by atoms with van der Waals surface area (Å²) < 4.78 is 12.2. The Morgan fingerprint density at radius 1 is 1.40 bits per heavy atom.